The summed E-state index contributed by atoms with van der Waals surface area (Å²) in [5.74, 6) is -0.519. The molecule has 2 aromatic carbocycles. The van der Waals surface area contributed by atoms with E-state index in [0.717, 1.165) is 5.56 Å². The smallest absolute Gasteiger partial charge is 0.151 e. The summed E-state index contributed by atoms with van der Waals surface area (Å²) in [6, 6.07) is 6.90. The molecule has 0 saturated heterocycles. The minimum atomic E-state index is -0.701. The summed E-state index contributed by atoms with van der Waals surface area (Å²) in [6.45, 7) is 3.28. The zero-order chi connectivity index (χ0) is 16.4. The Kier molecular flexibility index (Phi) is 4.37. The Morgan fingerprint density at radius 3 is 2.36 bits per heavy atom. The molecule has 0 spiro atoms. The van der Waals surface area contributed by atoms with Gasteiger partial charge in [-0.1, -0.05) is 11.6 Å². The van der Waals surface area contributed by atoms with Crippen LogP contribution in [-0.2, 0) is 4.79 Å². The van der Waals surface area contributed by atoms with E-state index >= 15 is 0 Å². The predicted molar refractivity (Wildman–Crippen MR) is 84.1 cm³/mol. The zero-order valence-corrected chi connectivity index (χ0v) is 12.7. The van der Waals surface area contributed by atoms with E-state index in [-0.39, 0.29) is 23.0 Å². The molecule has 22 heavy (non-hydrogen) atoms. The Morgan fingerprint density at radius 1 is 1.09 bits per heavy atom. The molecule has 1 atom stereocenters. The monoisotopic (exact) mass is 301 g/mol. The first-order valence-electron chi connectivity index (χ1n) is 6.88. The van der Waals surface area contributed by atoms with Gasteiger partial charge in [0.15, 0.2) is 5.78 Å². The molecule has 2 rings (SSSR count). The quantitative estimate of drug-likeness (QED) is 0.697. The number of benzene rings is 2. The van der Waals surface area contributed by atoms with Crippen molar-refractivity contribution in [2.75, 3.05) is 7.05 Å². The average Bonchev–Trinajstić information content (AvgIpc) is 2.42. The Bertz CT molecular complexity index is 725. The molecule has 5 nitrogen and oxygen atoms in total. The molecule has 2 aromatic rings. The molecular weight excluding hydrogens is 282 g/mol. The summed E-state index contributed by atoms with van der Waals surface area (Å²) in [6.07, 6.45) is 0. The highest BCUT2D eigenvalue weighted by molar-refractivity contribution is 5.89. The van der Waals surface area contributed by atoms with Gasteiger partial charge in [0, 0.05) is 17.2 Å². The molecule has 0 aliphatic rings. The summed E-state index contributed by atoms with van der Waals surface area (Å²) in [5.41, 5.74) is 2.05. The van der Waals surface area contributed by atoms with Gasteiger partial charge in [-0.05, 0) is 44.7 Å². The van der Waals surface area contributed by atoms with Crippen molar-refractivity contribution in [2.45, 2.75) is 19.9 Å². The highest BCUT2D eigenvalue weighted by Crippen LogP contribution is 2.42. The third-order valence-electron chi connectivity index (χ3n) is 3.56. The van der Waals surface area contributed by atoms with E-state index in [1.54, 1.807) is 19.2 Å². The minimum Gasteiger partial charge on any atom is -0.508 e. The van der Waals surface area contributed by atoms with E-state index in [1.807, 2.05) is 6.92 Å². The number of aryl methyl sites for hydroxylation is 1. The van der Waals surface area contributed by atoms with E-state index < -0.39 is 6.04 Å². The topological polar surface area (TPSA) is 89.8 Å². The van der Waals surface area contributed by atoms with E-state index in [0.29, 0.717) is 16.7 Å². The lowest BCUT2D eigenvalue weighted by atomic mass is 9.91. The predicted octanol–water partition coefficient (Wildman–Crippen LogP) is 2.63. The molecule has 4 N–H and O–H groups in total. The minimum absolute atomic E-state index is 0.00811. The number of ketones is 1. The van der Waals surface area contributed by atoms with Crippen LogP contribution in [0.25, 0.3) is 11.1 Å². The molecule has 1 unspecified atom stereocenters. The van der Waals surface area contributed by atoms with Crippen molar-refractivity contribution in [3.05, 3.63) is 41.5 Å². The highest BCUT2D eigenvalue weighted by atomic mass is 16.3. The molecule has 116 valence electrons. The zero-order valence-electron chi connectivity index (χ0n) is 12.7. The molecule has 0 aliphatic heterocycles. The fourth-order valence-corrected chi connectivity index (χ4v) is 2.58. The lowest BCUT2D eigenvalue weighted by Crippen LogP contribution is -2.24. The molecule has 0 aromatic heterocycles. The number of carbonyl (C=O) groups excluding carboxylic acids is 1. The molecule has 0 radical (unpaired) electrons. The van der Waals surface area contributed by atoms with Crippen molar-refractivity contribution < 1.29 is 20.1 Å². The summed E-state index contributed by atoms with van der Waals surface area (Å²) < 4.78 is 0. The van der Waals surface area contributed by atoms with Crippen LogP contribution in [0.2, 0.25) is 0 Å². The lowest BCUT2D eigenvalue weighted by Gasteiger charge is -2.20. The van der Waals surface area contributed by atoms with E-state index in [4.69, 9.17) is 0 Å². The number of rotatable bonds is 4. The van der Waals surface area contributed by atoms with E-state index in [1.165, 1.54) is 25.1 Å². The molecule has 0 bridgehead atoms. The molecule has 0 saturated carbocycles. The molecule has 0 amide bonds. The van der Waals surface area contributed by atoms with Crippen molar-refractivity contribution in [3.8, 4) is 28.4 Å². The van der Waals surface area contributed by atoms with Gasteiger partial charge in [0.1, 0.15) is 17.2 Å². The van der Waals surface area contributed by atoms with E-state index in [2.05, 4.69) is 5.32 Å². The van der Waals surface area contributed by atoms with Crippen LogP contribution in [0.3, 0.4) is 0 Å². The molecule has 5 heteroatoms. The Labute approximate surface area is 128 Å². The number of hydrogen-bond acceptors (Lipinski definition) is 5. The number of nitrogens with one attached hydrogen (secondary N) is 1. The summed E-state index contributed by atoms with van der Waals surface area (Å²) in [4.78, 5) is 11.8. The van der Waals surface area contributed by atoms with Crippen LogP contribution >= 0.6 is 0 Å². The van der Waals surface area contributed by atoms with Crippen LogP contribution < -0.4 is 5.32 Å². The van der Waals surface area contributed by atoms with Gasteiger partial charge in [0.2, 0.25) is 0 Å². The molecular formula is C17H19NO4. The fourth-order valence-electron chi connectivity index (χ4n) is 2.58. The number of Topliss-reactive ketones (excluding diaryl/α,β-unsaturated/α-hetero) is 1. The fraction of sp³-hybridized carbons (Fsp3) is 0.235. The second kappa shape index (κ2) is 6.07. The van der Waals surface area contributed by atoms with Crippen LogP contribution in [0.1, 0.15) is 24.1 Å². The highest BCUT2D eigenvalue weighted by Gasteiger charge is 2.24. The van der Waals surface area contributed by atoms with Crippen LogP contribution in [0.4, 0.5) is 0 Å². The van der Waals surface area contributed by atoms with Crippen molar-refractivity contribution in [3.63, 3.8) is 0 Å². The third kappa shape index (κ3) is 2.89. The summed E-state index contributed by atoms with van der Waals surface area (Å²) >= 11 is 0. The van der Waals surface area contributed by atoms with Gasteiger partial charge in [0.25, 0.3) is 0 Å². The van der Waals surface area contributed by atoms with Crippen molar-refractivity contribution >= 4 is 5.78 Å². The second-order valence-electron chi connectivity index (χ2n) is 5.28. The van der Waals surface area contributed by atoms with Crippen LogP contribution in [0.5, 0.6) is 17.2 Å². The number of carbonyl (C=O) groups is 1. The first-order valence-corrected chi connectivity index (χ1v) is 6.88. The van der Waals surface area contributed by atoms with E-state index in [9.17, 15) is 20.1 Å². The Balaban J connectivity index is 2.79. The first-order chi connectivity index (χ1) is 10.3. The van der Waals surface area contributed by atoms with Gasteiger partial charge >= 0.3 is 0 Å². The van der Waals surface area contributed by atoms with Crippen molar-refractivity contribution in [2.24, 2.45) is 0 Å². The number of phenols is 3. The SMILES string of the molecule is CNC(C(C)=O)c1cc(O)cc(O)c1-c1cc(C)ccc1O. The van der Waals surface area contributed by atoms with Crippen LogP contribution in [0.15, 0.2) is 30.3 Å². The van der Waals surface area contributed by atoms with Gasteiger partial charge in [-0.15, -0.1) is 0 Å². The third-order valence-corrected chi connectivity index (χ3v) is 3.56. The number of aromatic hydroxyl groups is 3. The Morgan fingerprint density at radius 2 is 1.77 bits per heavy atom. The maximum absolute atomic E-state index is 11.8. The largest absolute Gasteiger partial charge is 0.508 e. The lowest BCUT2D eigenvalue weighted by molar-refractivity contribution is -0.118. The van der Waals surface area contributed by atoms with Gasteiger partial charge in [-0.3, -0.25) is 4.79 Å². The van der Waals surface area contributed by atoms with Crippen molar-refractivity contribution in [1.29, 1.82) is 0 Å². The number of phenolic OH excluding ortho intramolecular Hbond substituents is 3. The summed E-state index contributed by atoms with van der Waals surface area (Å²) in [7, 11) is 1.62. The van der Waals surface area contributed by atoms with Gasteiger partial charge in [0.05, 0.1) is 6.04 Å². The molecule has 0 heterocycles. The van der Waals surface area contributed by atoms with Gasteiger partial charge in [-0.25, -0.2) is 0 Å². The Hall–Kier alpha value is -2.53. The average molecular weight is 301 g/mol. The molecule has 0 fully saturated rings. The number of hydrogen-bond donors (Lipinski definition) is 4. The van der Waals surface area contributed by atoms with Gasteiger partial charge < -0.3 is 20.6 Å². The summed E-state index contributed by atoms with van der Waals surface area (Å²) in [5, 5.41) is 33.0. The van der Waals surface area contributed by atoms with Crippen molar-refractivity contribution in [1.82, 2.24) is 5.32 Å². The van der Waals surface area contributed by atoms with Gasteiger partial charge in [-0.2, -0.15) is 0 Å². The maximum atomic E-state index is 11.8. The second-order valence-corrected chi connectivity index (χ2v) is 5.28. The number of likely N-dealkylation sites (N-methyl/N-ethyl adjacent to an activating group) is 1. The molecule has 0 aliphatic carbocycles. The standard InChI is InChI=1S/C17H19NO4/c1-9-4-5-14(21)12(6-9)16-13(17(18-3)10(2)19)7-11(20)8-15(16)22/h4-8,17-18,20-22H,1-3H3. The van der Waals surface area contributed by atoms with Crippen LogP contribution in [0, 0.1) is 6.92 Å². The normalized spacial score (nSPS) is 12.1. The first kappa shape index (κ1) is 15.9. The maximum Gasteiger partial charge on any atom is 0.151 e. The van der Waals surface area contributed by atoms with Crippen LogP contribution in [-0.4, -0.2) is 28.2 Å².